The minimum absolute atomic E-state index is 0.200. The van der Waals surface area contributed by atoms with E-state index in [1.54, 1.807) is 0 Å². The molecule has 1 aromatic rings. The number of halogens is 2. The second kappa shape index (κ2) is 7.31. The van der Waals surface area contributed by atoms with Crippen molar-refractivity contribution in [2.45, 2.75) is 31.3 Å². The number of carbonyl (C=O) groups is 1. The van der Waals surface area contributed by atoms with Crippen LogP contribution in [0.25, 0.3) is 0 Å². The van der Waals surface area contributed by atoms with Crippen molar-refractivity contribution >= 4 is 33.3 Å². The Balaban J connectivity index is 2.71. The molecule has 0 amide bonds. The molecule has 1 aliphatic rings. The van der Waals surface area contributed by atoms with Gasteiger partial charge >= 0.3 is 5.97 Å². The molecule has 23 heavy (non-hydrogen) atoms. The van der Waals surface area contributed by atoms with Gasteiger partial charge in [-0.05, 0) is 44.2 Å². The zero-order valence-electron chi connectivity index (χ0n) is 19.8. The number of nitrogens with one attached hydrogen (secondary N) is 1. The molecule has 2 rings (SSSR count). The summed E-state index contributed by atoms with van der Waals surface area (Å²) >= 11 is 5.77. The van der Waals surface area contributed by atoms with Crippen LogP contribution in [0, 0.1) is 5.82 Å². The van der Waals surface area contributed by atoms with Gasteiger partial charge in [-0.15, -0.1) is 0 Å². The molecule has 0 aromatic heterocycles. The van der Waals surface area contributed by atoms with Crippen LogP contribution in [-0.2, 0) is 19.6 Å². The van der Waals surface area contributed by atoms with Gasteiger partial charge in [-0.2, -0.15) is 0 Å². The lowest BCUT2D eigenvalue weighted by atomic mass is 9.99. The monoisotopic (exact) mass is 369 g/mol. The van der Waals surface area contributed by atoms with Crippen molar-refractivity contribution < 1.29 is 33.3 Å². The lowest BCUT2D eigenvalue weighted by Crippen LogP contribution is -2.34. The topological polar surface area (TPSA) is 72.5 Å². The standard InChI is InChI=1S/C15H17ClFNO4S/c1-2-22-15(19)11-5-3-4-6-14(11)23(20,21)18-13-8-7-10(17)9-12(13)16/h5,7-9,14,18H,2-4,6H2,1H3/t14-/m1/s1/i3D2,4D2,7D,8D,9D/hD. The number of hydrogen-bond donors (Lipinski definition) is 1. The number of ether oxygens (including phenoxy) is 1. The lowest BCUT2D eigenvalue weighted by Gasteiger charge is -2.24. The molecule has 0 radical (unpaired) electrons. The fourth-order valence-electron chi connectivity index (χ4n) is 1.76. The van der Waals surface area contributed by atoms with E-state index in [4.69, 9.17) is 27.3 Å². The van der Waals surface area contributed by atoms with E-state index in [0.29, 0.717) is 6.08 Å². The Hall–Kier alpha value is -1.60. The highest BCUT2D eigenvalue weighted by Gasteiger charge is 2.35. The molecule has 1 aliphatic carbocycles. The molecule has 0 aliphatic heterocycles. The van der Waals surface area contributed by atoms with Crippen LogP contribution in [-0.4, -0.2) is 26.2 Å². The number of esters is 1. The SMILES string of the molecule is [2H]c1c([2H])c(N([2H])S(=O)(=O)[C@@H]2CC([2H])([2H])C([2H])([2H])C=C2C(=O)OCC)c(Cl)c([2H])c1F. The van der Waals surface area contributed by atoms with E-state index in [-0.39, 0.29) is 11.3 Å². The zero-order valence-corrected chi connectivity index (χ0v) is 13.4. The molecule has 0 bridgehead atoms. The highest BCUT2D eigenvalue weighted by Crippen LogP contribution is 2.30. The van der Waals surface area contributed by atoms with Crippen molar-refractivity contribution in [3.63, 3.8) is 0 Å². The van der Waals surface area contributed by atoms with E-state index in [1.807, 2.05) is 0 Å². The van der Waals surface area contributed by atoms with Crippen molar-refractivity contribution in [2.24, 2.45) is 0 Å². The summed E-state index contributed by atoms with van der Waals surface area (Å²) in [5.74, 6) is -2.75. The number of anilines is 1. The van der Waals surface area contributed by atoms with E-state index in [2.05, 4.69) is 0 Å². The predicted octanol–water partition coefficient (Wildman–Crippen LogP) is 3.26. The van der Waals surface area contributed by atoms with E-state index >= 15 is 0 Å². The van der Waals surface area contributed by atoms with Gasteiger partial charge < -0.3 is 4.74 Å². The molecular weight excluding hydrogens is 345 g/mol. The van der Waals surface area contributed by atoms with Gasteiger partial charge in [-0.1, -0.05) is 17.7 Å². The Bertz CT molecular complexity index is 1040. The number of allylic oxidation sites excluding steroid dienone is 1. The van der Waals surface area contributed by atoms with Crippen molar-refractivity contribution in [2.75, 3.05) is 11.3 Å². The van der Waals surface area contributed by atoms with Gasteiger partial charge in [0.1, 0.15) is 11.1 Å². The molecule has 0 spiro atoms. The zero-order chi connectivity index (χ0) is 24.1. The van der Waals surface area contributed by atoms with Crippen LogP contribution < -0.4 is 4.72 Å². The summed E-state index contributed by atoms with van der Waals surface area (Å²) in [6, 6.07) is -3.43. The Labute approximate surface area is 150 Å². The summed E-state index contributed by atoms with van der Waals surface area (Å²) in [5.41, 5.74) is -1.79. The lowest BCUT2D eigenvalue weighted by molar-refractivity contribution is -0.138. The maximum atomic E-state index is 13.8. The smallest absolute Gasteiger partial charge is 0.335 e. The van der Waals surface area contributed by atoms with Gasteiger partial charge in [0.05, 0.1) is 27.0 Å². The minimum atomic E-state index is -5.11. The number of benzene rings is 1. The molecule has 5 nitrogen and oxygen atoms in total. The highest BCUT2D eigenvalue weighted by molar-refractivity contribution is 7.93. The highest BCUT2D eigenvalue weighted by atomic mass is 35.5. The number of carbonyl (C=O) groups excluding carboxylic acids is 1. The summed E-state index contributed by atoms with van der Waals surface area (Å²) < 4.78 is 107. The van der Waals surface area contributed by atoms with E-state index in [0.717, 1.165) is 0 Å². The fourth-order valence-corrected chi connectivity index (χ4v) is 3.28. The van der Waals surface area contributed by atoms with Crippen molar-refractivity contribution in [3.8, 4) is 0 Å². The molecular formula is C15H17ClFNO4S. The van der Waals surface area contributed by atoms with Gasteiger partial charge in [0.2, 0.25) is 10.0 Å². The van der Waals surface area contributed by atoms with E-state index < -0.39 is 80.6 Å². The summed E-state index contributed by atoms with van der Waals surface area (Å²) in [5, 5.41) is -3.07. The molecule has 0 unspecified atom stereocenters. The van der Waals surface area contributed by atoms with Crippen LogP contribution in [0.3, 0.4) is 0 Å². The molecule has 1 atom stereocenters. The quantitative estimate of drug-likeness (QED) is 0.808. The Morgan fingerprint density at radius 3 is 3.09 bits per heavy atom. The van der Waals surface area contributed by atoms with Gasteiger partial charge in [0.15, 0.2) is 1.41 Å². The van der Waals surface area contributed by atoms with Crippen LogP contribution in [0.2, 0.25) is 6.43 Å². The molecule has 0 fully saturated rings. The van der Waals surface area contributed by atoms with Gasteiger partial charge in [0.25, 0.3) is 0 Å². The maximum absolute atomic E-state index is 13.8. The normalized spacial score (nSPS) is 27.6. The first-order chi connectivity index (χ1) is 14.0. The second-order valence-electron chi connectivity index (χ2n) is 4.29. The molecule has 0 heterocycles. The molecule has 0 saturated heterocycles. The summed E-state index contributed by atoms with van der Waals surface area (Å²) in [4.78, 5) is 12.3. The molecule has 1 N–H and O–H groups in total. The van der Waals surface area contributed by atoms with Crippen LogP contribution in [0.15, 0.2) is 29.8 Å². The van der Waals surface area contributed by atoms with E-state index in [9.17, 15) is 17.6 Å². The third kappa shape index (κ3) is 4.23. The first kappa shape index (κ1) is 9.64. The van der Waals surface area contributed by atoms with Crippen molar-refractivity contribution in [1.29, 1.82) is 0 Å². The first-order valence-electron chi connectivity index (χ1n) is 10.3. The van der Waals surface area contributed by atoms with Crippen LogP contribution >= 0.6 is 11.6 Å². The van der Waals surface area contributed by atoms with E-state index in [1.165, 1.54) is 6.92 Å². The van der Waals surface area contributed by atoms with Crippen LogP contribution in [0.1, 0.15) is 35.7 Å². The summed E-state index contributed by atoms with van der Waals surface area (Å²) in [7, 11) is -5.11. The predicted molar refractivity (Wildman–Crippen MR) is 86.3 cm³/mol. The Kier molecular flexibility index (Phi) is 3.06. The van der Waals surface area contributed by atoms with Crippen molar-refractivity contribution in [3.05, 3.63) is 40.6 Å². The average molecular weight is 370 g/mol. The van der Waals surface area contributed by atoms with Crippen LogP contribution in [0.4, 0.5) is 10.1 Å². The number of rotatable bonds is 5. The molecule has 0 saturated carbocycles. The summed E-state index contributed by atoms with van der Waals surface area (Å²) in [6.07, 6.45) is -6.13. The van der Waals surface area contributed by atoms with Gasteiger partial charge in [-0.3, -0.25) is 4.72 Å². The average Bonchev–Trinajstić information content (AvgIpc) is 2.66. The molecule has 1 aromatic carbocycles. The second-order valence-corrected chi connectivity index (χ2v) is 6.45. The molecule has 8 heteroatoms. The third-order valence-corrected chi connectivity index (χ3v) is 4.62. The summed E-state index contributed by atoms with van der Waals surface area (Å²) in [6.45, 7) is 1.21. The number of hydrogen-bond acceptors (Lipinski definition) is 4. The van der Waals surface area contributed by atoms with Gasteiger partial charge in [-0.25, -0.2) is 17.6 Å². The number of sulfonamides is 1. The minimum Gasteiger partial charge on any atom is -0.463 e. The Morgan fingerprint density at radius 2 is 2.39 bits per heavy atom. The van der Waals surface area contributed by atoms with Crippen LogP contribution in [0.5, 0.6) is 0 Å². The Morgan fingerprint density at radius 1 is 1.65 bits per heavy atom. The van der Waals surface area contributed by atoms with Gasteiger partial charge in [0, 0.05) is 5.48 Å². The fraction of sp³-hybridized carbons (Fsp3) is 0.400. The first-order valence-corrected chi connectivity index (χ1v) is 8.27. The largest absolute Gasteiger partial charge is 0.463 e. The van der Waals surface area contributed by atoms with Crippen molar-refractivity contribution in [1.82, 2.24) is 0 Å². The maximum Gasteiger partial charge on any atom is 0.335 e. The molecule has 126 valence electrons. The third-order valence-electron chi connectivity index (χ3n) is 2.77.